The molecule has 0 radical (unpaired) electrons. The van der Waals surface area contributed by atoms with Gasteiger partial charge in [-0.15, -0.1) is 0 Å². The first-order chi connectivity index (χ1) is 9.12. The average molecular weight is 286 g/mol. The van der Waals surface area contributed by atoms with Crippen LogP contribution in [0.25, 0.3) is 0 Å². The van der Waals surface area contributed by atoms with E-state index in [1.807, 2.05) is 0 Å². The maximum absolute atomic E-state index is 11.9. The molecule has 1 heterocycles. The minimum absolute atomic E-state index is 0.123. The second-order valence-electron chi connectivity index (χ2n) is 4.44. The van der Waals surface area contributed by atoms with Crippen LogP contribution in [-0.4, -0.2) is 33.2 Å². The summed E-state index contributed by atoms with van der Waals surface area (Å²) in [5.41, 5.74) is 2.31. The molecule has 1 fully saturated rings. The Morgan fingerprint density at radius 1 is 1.47 bits per heavy atom. The second-order valence-corrected chi connectivity index (χ2v) is 6.20. The molecule has 0 unspecified atom stereocenters. The summed E-state index contributed by atoms with van der Waals surface area (Å²) < 4.78 is 31.7. The summed E-state index contributed by atoms with van der Waals surface area (Å²) in [4.78, 5) is 3.98. The number of hydrogen-bond donors (Lipinski definition) is 3. The number of nitrogens with two attached hydrogens (primary N) is 1. The zero-order chi connectivity index (χ0) is 13.7. The third-order valence-electron chi connectivity index (χ3n) is 2.78. The first kappa shape index (κ1) is 14.2. The molecule has 0 spiro atoms. The summed E-state index contributed by atoms with van der Waals surface area (Å²) in [5, 5.41) is 0. The van der Waals surface area contributed by atoms with Gasteiger partial charge in [0.2, 0.25) is 10.0 Å². The normalized spacial score (nSPS) is 15.4. The van der Waals surface area contributed by atoms with Gasteiger partial charge < -0.3 is 10.2 Å². The van der Waals surface area contributed by atoms with E-state index < -0.39 is 10.0 Å². The zero-order valence-corrected chi connectivity index (χ0v) is 11.3. The summed E-state index contributed by atoms with van der Waals surface area (Å²) in [7, 11) is -3.54. The van der Waals surface area contributed by atoms with Gasteiger partial charge in [-0.05, 0) is 24.8 Å². The van der Waals surface area contributed by atoms with Gasteiger partial charge in [-0.25, -0.2) is 24.0 Å². The van der Waals surface area contributed by atoms with Gasteiger partial charge in [0.1, 0.15) is 5.82 Å². The largest absolute Gasteiger partial charge is 0.380 e. The zero-order valence-electron chi connectivity index (χ0n) is 10.5. The Bertz CT molecular complexity index is 516. The number of hydrazine groups is 1. The Morgan fingerprint density at radius 3 is 2.95 bits per heavy atom. The highest BCUT2D eigenvalue weighted by atomic mass is 32.2. The molecule has 0 amide bonds. The van der Waals surface area contributed by atoms with Crippen molar-refractivity contribution in [3.63, 3.8) is 0 Å². The quantitative estimate of drug-likeness (QED) is 0.355. The number of nitrogens with zero attached hydrogens (tertiary/aromatic N) is 1. The van der Waals surface area contributed by atoms with Crippen molar-refractivity contribution in [2.75, 3.05) is 25.2 Å². The molecule has 7 nitrogen and oxygen atoms in total. The number of nitrogens with one attached hydrogen (secondary N) is 2. The number of anilines is 1. The molecule has 0 saturated heterocycles. The molecule has 2 rings (SSSR count). The first-order valence-corrected chi connectivity index (χ1v) is 7.60. The van der Waals surface area contributed by atoms with E-state index in [1.54, 1.807) is 0 Å². The number of ether oxygens (including phenoxy) is 1. The molecule has 4 N–H and O–H groups in total. The smallest absolute Gasteiger partial charge is 0.240 e. The number of nitrogen functional groups attached to an aromatic ring is 1. The van der Waals surface area contributed by atoms with Crippen LogP contribution in [0.4, 0.5) is 5.82 Å². The van der Waals surface area contributed by atoms with Crippen molar-refractivity contribution in [3.05, 3.63) is 18.3 Å². The van der Waals surface area contributed by atoms with E-state index in [4.69, 9.17) is 10.6 Å². The molecule has 0 aromatic carbocycles. The van der Waals surface area contributed by atoms with Gasteiger partial charge in [0, 0.05) is 25.4 Å². The molecule has 8 heteroatoms. The molecule has 19 heavy (non-hydrogen) atoms. The van der Waals surface area contributed by atoms with Crippen LogP contribution in [0.1, 0.15) is 12.8 Å². The van der Waals surface area contributed by atoms with Crippen LogP contribution in [0.5, 0.6) is 0 Å². The highest BCUT2D eigenvalue weighted by molar-refractivity contribution is 7.89. The lowest BCUT2D eigenvalue weighted by Crippen LogP contribution is -2.28. The van der Waals surface area contributed by atoms with E-state index in [2.05, 4.69) is 15.1 Å². The van der Waals surface area contributed by atoms with Crippen molar-refractivity contribution in [1.29, 1.82) is 0 Å². The van der Waals surface area contributed by atoms with Crippen molar-refractivity contribution < 1.29 is 13.2 Å². The Morgan fingerprint density at radius 2 is 2.26 bits per heavy atom. The molecule has 106 valence electrons. The van der Waals surface area contributed by atoms with E-state index in [-0.39, 0.29) is 11.4 Å². The van der Waals surface area contributed by atoms with Crippen LogP contribution in [0.3, 0.4) is 0 Å². The van der Waals surface area contributed by atoms with E-state index in [1.165, 1.54) is 31.2 Å². The minimum atomic E-state index is -3.54. The second kappa shape index (κ2) is 6.29. The molecular formula is C11H18N4O3S. The van der Waals surface area contributed by atoms with Crippen LogP contribution in [0, 0.1) is 5.92 Å². The van der Waals surface area contributed by atoms with Crippen molar-refractivity contribution in [2.24, 2.45) is 11.8 Å². The van der Waals surface area contributed by atoms with Gasteiger partial charge in [-0.1, -0.05) is 0 Å². The summed E-state index contributed by atoms with van der Waals surface area (Å²) in [6, 6.07) is 2.78. The van der Waals surface area contributed by atoms with Gasteiger partial charge in [0.05, 0.1) is 11.5 Å². The predicted octanol–water partition coefficient (Wildman–Crippen LogP) is 0.0721. The highest BCUT2D eigenvalue weighted by Crippen LogP contribution is 2.28. The molecule has 0 aliphatic heterocycles. The lowest BCUT2D eigenvalue weighted by molar-refractivity contribution is 0.129. The fraction of sp³-hybridized carbons (Fsp3) is 0.545. The Kier molecular flexibility index (Phi) is 4.70. The number of aromatic nitrogens is 1. The van der Waals surface area contributed by atoms with Crippen molar-refractivity contribution in [1.82, 2.24) is 9.71 Å². The maximum atomic E-state index is 11.9. The van der Waals surface area contributed by atoms with E-state index in [9.17, 15) is 8.42 Å². The van der Waals surface area contributed by atoms with Crippen LogP contribution < -0.4 is 16.0 Å². The summed E-state index contributed by atoms with van der Waals surface area (Å²) in [6.45, 7) is 1.35. The highest BCUT2D eigenvalue weighted by Gasteiger charge is 2.21. The topological polar surface area (TPSA) is 106 Å². The fourth-order valence-electron chi connectivity index (χ4n) is 1.52. The SMILES string of the molecule is NNc1cc(S(=O)(=O)NCCOCC2CC2)ccn1. The number of pyridine rings is 1. The summed E-state index contributed by atoms with van der Waals surface area (Å²) in [5.74, 6) is 6.16. The van der Waals surface area contributed by atoms with Gasteiger partial charge in [-0.3, -0.25) is 0 Å². The number of sulfonamides is 1. The molecule has 0 atom stereocenters. The van der Waals surface area contributed by atoms with Crippen LogP contribution >= 0.6 is 0 Å². The lowest BCUT2D eigenvalue weighted by atomic mass is 10.5. The third-order valence-corrected chi connectivity index (χ3v) is 4.24. The minimum Gasteiger partial charge on any atom is -0.380 e. The van der Waals surface area contributed by atoms with Gasteiger partial charge in [0.25, 0.3) is 0 Å². The Labute approximate surface area is 112 Å². The number of rotatable bonds is 8. The van der Waals surface area contributed by atoms with E-state index in [0.717, 1.165) is 6.61 Å². The molecule has 1 aromatic heterocycles. The lowest BCUT2D eigenvalue weighted by Gasteiger charge is -2.08. The van der Waals surface area contributed by atoms with E-state index >= 15 is 0 Å². The molecule has 1 aromatic rings. The maximum Gasteiger partial charge on any atom is 0.240 e. The molecule has 0 bridgehead atoms. The predicted molar refractivity (Wildman–Crippen MR) is 70.8 cm³/mol. The summed E-state index contributed by atoms with van der Waals surface area (Å²) in [6.07, 6.45) is 3.82. The van der Waals surface area contributed by atoms with Crippen molar-refractivity contribution in [3.8, 4) is 0 Å². The Balaban J connectivity index is 1.82. The van der Waals surface area contributed by atoms with Crippen molar-refractivity contribution >= 4 is 15.8 Å². The van der Waals surface area contributed by atoms with Crippen LogP contribution in [0.15, 0.2) is 23.2 Å². The molecular weight excluding hydrogens is 268 g/mol. The fourth-order valence-corrected chi connectivity index (χ4v) is 2.55. The van der Waals surface area contributed by atoms with Gasteiger partial charge >= 0.3 is 0 Å². The van der Waals surface area contributed by atoms with E-state index in [0.29, 0.717) is 18.3 Å². The average Bonchev–Trinajstić information content (AvgIpc) is 3.22. The molecule has 1 aliphatic carbocycles. The van der Waals surface area contributed by atoms with Crippen molar-refractivity contribution in [2.45, 2.75) is 17.7 Å². The van der Waals surface area contributed by atoms with Gasteiger partial charge in [-0.2, -0.15) is 0 Å². The van der Waals surface area contributed by atoms with Crippen LogP contribution in [-0.2, 0) is 14.8 Å². The summed E-state index contributed by atoms with van der Waals surface area (Å²) >= 11 is 0. The molecule has 1 saturated carbocycles. The molecule has 1 aliphatic rings. The Hall–Kier alpha value is -1.22. The number of hydrogen-bond acceptors (Lipinski definition) is 6. The van der Waals surface area contributed by atoms with Gasteiger partial charge in [0.15, 0.2) is 0 Å². The monoisotopic (exact) mass is 286 g/mol. The standard InChI is InChI=1S/C11H18N4O3S/c12-15-11-7-10(3-4-13-11)19(16,17)14-5-6-18-8-9-1-2-9/h3-4,7,9,14H,1-2,5-6,8,12H2,(H,13,15). The van der Waals surface area contributed by atoms with Crippen LogP contribution in [0.2, 0.25) is 0 Å². The third kappa shape index (κ3) is 4.43. The first-order valence-electron chi connectivity index (χ1n) is 6.12.